The van der Waals surface area contributed by atoms with Gasteiger partial charge < -0.3 is 24.1 Å². The third-order valence-electron chi connectivity index (χ3n) is 12.1. The number of aromatic amines is 1. The number of aryl methyl sites for hydroxylation is 1. The maximum atomic E-state index is 14.1. The summed E-state index contributed by atoms with van der Waals surface area (Å²) in [6, 6.07) is -0.786. The average Bonchev–Trinajstić information content (AvgIpc) is 3.60. The maximum Gasteiger partial charge on any atom is 0.330 e. The number of H-pyrrole nitrogens is 1. The second kappa shape index (κ2) is 13.1. The second-order valence-corrected chi connectivity index (χ2v) is 14.6. The van der Waals surface area contributed by atoms with Gasteiger partial charge in [0.2, 0.25) is 6.29 Å². The predicted molar refractivity (Wildman–Crippen MR) is 172 cm³/mol. The number of rotatable bonds is 9. The standard InChI is InChI=1S/C34H43N5O10/c1-16-14-39(32(45)36-29(16)43)25-12-22(37-38-35)24(49-25)15-48-30(44)20-11-21-19-7-6-17-10-18(40)8-9-33(17,2)26(19)23(41)13-34(21,3)27(20)28(42)31(46-4)47-5/h8-10,14,19-27,31,41H,6-7,11-13,15H2,1-5H3,(H,36,43,45)/t19-,20+,21-,22?,23-,24?,25?,26+,27+,33-,34-/m0/s1. The second-order valence-electron chi connectivity index (χ2n) is 14.6. The first kappa shape index (κ1) is 35.0. The van der Waals surface area contributed by atoms with Gasteiger partial charge in [0.15, 0.2) is 11.6 Å². The van der Waals surface area contributed by atoms with Crippen LogP contribution in [0.1, 0.15) is 57.7 Å². The molecule has 15 nitrogen and oxygen atoms in total. The number of Topliss-reactive ketones (excluding diaryl/α,β-unsaturated/α-hetero) is 1. The molecule has 1 aromatic heterocycles. The molecule has 0 aromatic carbocycles. The van der Waals surface area contributed by atoms with Crippen molar-refractivity contribution in [3.8, 4) is 0 Å². The molecule has 6 rings (SSSR count). The maximum absolute atomic E-state index is 14.1. The van der Waals surface area contributed by atoms with Gasteiger partial charge in [-0.15, -0.1) is 0 Å². The van der Waals surface area contributed by atoms with Crippen LogP contribution >= 0.6 is 0 Å². The topological polar surface area (TPSA) is 212 Å². The van der Waals surface area contributed by atoms with Crippen molar-refractivity contribution < 1.29 is 38.4 Å². The van der Waals surface area contributed by atoms with Crippen molar-refractivity contribution in [3.05, 3.63) is 66.8 Å². The Balaban J connectivity index is 1.27. The number of aliphatic hydroxyl groups is 1. The highest BCUT2D eigenvalue weighted by Gasteiger charge is 2.67. The van der Waals surface area contributed by atoms with Crippen LogP contribution in [-0.2, 0) is 33.3 Å². The Hall–Kier alpha value is -3.88. The summed E-state index contributed by atoms with van der Waals surface area (Å²) in [6.07, 6.45) is 4.71. The first-order chi connectivity index (χ1) is 23.3. The van der Waals surface area contributed by atoms with Gasteiger partial charge in [0, 0.05) is 54.6 Å². The lowest BCUT2D eigenvalue weighted by molar-refractivity contribution is -0.176. The number of aliphatic hydroxyl groups excluding tert-OH is 1. The molecule has 3 unspecified atom stereocenters. The van der Waals surface area contributed by atoms with E-state index in [0.29, 0.717) is 19.3 Å². The number of methoxy groups -OCH3 is 2. The van der Waals surface area contributed by atoms with Crippen molar-refractivity contribution in [2.75, 3.05) is 20.8 Å². The van der Waals surface area contributed by atoms with E-state index >= 15 is 0 Å². The van der Waals surface area contributed by atoms with E-state index in [0.717, 1.165) is 5.57 Å². The molecular formula is C34H43N5O10. The largest absolute Gasteiger partial charge is 0.463 e. The minimum Gasteiger partial charge on any atom is -0.463 e. The first-order valence-electron chi connectivity index (χ1n) is 16.7. The number of aromatic nitrogens is 2. The van der Waals surface area contributed by atoms with E-state index in [2.05, 4.69) is 21.9 Å². The van der Waals surface area contributed by atoms with Crippen molar-refractivity contribution in [2.45, 2.75) is 83.6 Å². The predicted octanol–water partition coefficient (Wildman–Crippen LogP) is 2.66. The molecule has 15 heteroatoms. The lowest BCUT2D eigenvalue weighted by atomic mass is 9.46. The van der Waals surface area contributed by atoms with Crippen LogP contribution < -0.4 is 11.2 Å². The molecule has 0 amide bonds. The molecule has 1 aliphatic heterocycles. The fourth-order valence-electron chi connectivity index (χ4n) is 9.90. The number of nitrogens with zero attached hydrogens (tertiary/aromatic N) is 4. The number of allylic oxidation sites excluding steroid dienone is 4. The lowest BCUT2D eigenvalue weighted by Gasteiger charge is -2.58. The summed E-state index contributed by atoms with van der Waals surface area (Å²) in [5.74, 6) is -3.30. The quantitative estimate of drug-likeness (QED) is 0.128. The molecule has 5 aliphatic rings. The summed E-state index contributed by atoms with van der Waals surface area (Å²) in [5, 5.41) is 15.6. The number of nitrogens with one attached hydrogen (secondary N) is 1. The highest BCUT2D eigenvalue weighted by atomic mass is 16.7. The van der Waals surface area contributed by atoms with Crippen LogP contribution in [0, 0.1) is 47.3 Å². The number of hydrogen-bond acceptors (Lipinski definition) is 11. The van der Waals surface area contributed by atoms with Gasteiger partial charge in [-0.25, -0.2) is 4.79 Å². The van der Waals surface area contributed by atoms with Gasteiger partial charge in [-0.1, -0.05) is 30.6 Å². The number of esters is 1. The fourth-order valence-corrected chi connectivity index (χ4v) is 9.90. The van der Waals surface area contributed by atoms with E-state index in [1.807, 2.05) is 13.0 Å². The summed E-state index contributed by atoms with van der Waals surface area (Å²) in [5.41, 5.74) is 7.95. The average molecular weight is 682 g/mol. The fraction of sp³-hybridized carbons (Fsp3) is 0.676. The first-order valence-corrected chi connectivity index (χ1v) is 16.7. The van der Waals surface area contributed by atoms with Gasteiger partial charge in [0.05, 0.1) is 18.1 Å². The van der Waals surface area contributed by atoms with Crippen LogP contribution in [0.25, 0.3) is 10.4 Å². The third kappa shape index (κ3) is 5.80. The van der Waals surface area contributed by atoms with Gasteiger partial charge in [-0.3, -0.25) is 28.7 Å². The van der Waals surface area contributed by atoms with Crippen LogP contribution in [0.3, 0.4) is 0 Å². The zero-order chi connectivity index (χ0) is 35.4. The Morgan fingerprint density at radius 3 is 2.65 bits per heavy atom. The van der Waals surface area contributed by atoms with Crippen LogP contribution in [-0.4, -0.2) is 77.6 Å². The normalized spacial score (nSPS) is 37.9. The molecule has 49 heavy (non-hydrogen) atoms. The molecule has 1 saturated heterocycles. The van der Waals surface area contributed by atoms with Crippen LogP contribution in [0.5, 0.6) is 0 Å². The van der Waals surface area contributed by atoms with Crippen LogP contribution in [0.15, 0.2) is 44.7 Å². The molecule has 0 radical (unpaired) electrons. The highest BCUT2D eigenvalue weighted by molar-refractivity contribution is 6.01. The van der Waals surface area contributed by atoms with Crippen molar-refractivity contribution in [3.63, 3.8) is 0 Å². The molecule has 3 saturated carbocycles. The van der Waals surface area contributed by atoms with E-state index in [-0.39, 0.29) is 48.5 Å². The van der Waals surface area contributed by atoms with E-state index in [4.69, 9.17) is 18.9 Å². The zero-order valence-corrected chi connectivity index (χ0v) is 28.2. The lowest BCUT2D eigenvalue weighted by Crippen LogP contribution is -2.57. The minimum absolute atomic E-state index is 0.0438. The Labute approximate surface area is 282 Å². The number of azide groups is 1. The Bertz CT molecular complexity index is 1760. The van der Waals surface area contributed by atoms with Crippen molar-refractivity contribution in [2.24, 2.45) is 45.5 Å². The van der Waals surface area contributed by atoms with Crippen molar-refractivity contribution in [1.29, 1.82) is 0 Å². The van der Waals surface area contributed by atoms with Gasteiger partial charge in [0.1, 0.15) is 18.9 Å². The smallest absolute Gasteiger partial charge is 0.330 e. The van der Waals surface area contributed by atoms with E-state index in [1.165, 1.54) is 25.0 Å². The summed E-state index contributed by atoms with van der Waals surface area (Å²) >= 11 is 0. The Kier molecular flexibility index (Phi) is 9.35. The monoisotopic (exact) mass is 681 g/mol. The Morgan fingerprint density at radius 2 is 1.96 bits per heavy atom. The minimum atomic E-state index is -1.23. The number of ketones is 2. The van der Waals surface area contributed by atoms with Gasteiger partial charge in [-0.05, 0) is 67.5 Å². The number of fused-ring (bicyclic) bond motifs is 5. The summed E-state index contributed by atoms with van der Waals surface area (Å²) < 4.78 is 23.8. The summed E-state index contributed by atoms with van der Waals surface area (Å²) in [6.45, 7) is 5.24. The summed E-state index contributed by atoms with van der Waals surface area (Å²) in [4.78, 5) is 70.0. The number of carbonyl (C=O) groups excluding carboxylic acids is 3. The molecule has 264 valence electrons. The summed E-state index contributed by atoms with van der Waals surface area (Å²) in [7, 11) is 2.71. The molecule has 0 spiro atoms. The van der Waals surface area contributed by atoms with Gasteiger partial charge in [0.25, 0.3) is 5.56 Å². The van der Waals surface area contributed by atoms with Crippen molar-refractivity contribution >= 4 is 17.5 Å². The van der Waals surface area contributed by atoms with E-state index in [9.17, 15) is 34.6 Å². The third-order valence-corrected chi connectivity index (χ3v) is 12.1. The van der Waals surface area contributed by atoms with E-state index in [1.54, 1.807) is 19.1 Å². The molecule has 2 N–H and O–H groups in total. The van der Waals surface area contributed by atoms with Gasteiger partial charge >= 0.3 is 11.7 Å². The zero-order valence-electron chi connectivity index (χ0n) is 28.2. The highest BCUT2D eigenvalue weighted by Crippen LogP contribution is 2.67. The molecule has 4 aliphatic carbocycles. The van der Waals surface area contributed by atoms with E-state index < -0.39 is 76.4 Å². The molecule has 1 aromatic rings. The molecule has 0 bridgehead atoms. The van der Waals surface area contributed by atoms with Crippen LogP contribution in [0.4, 0.5) is 0 Å². The number of ether oxygens (including phenoxy) is 4. The van der Waals surface area contributed by atoms with Crippen LogP contribution in [0.2, 0.25) is 0 Å². The number of carbonyl (C=O) groups is 3. The van der Waals surface area contributed by atoms with Crippen molar-refractivity contribution in [1.82, 2.24) is 9.55 Å². The SMILES string of the molecule is COC(OC)C(=O)[C@H]1[C@H](C(=O)OCC2OC(n3cc(C)c(=O)[nH]c3=O)CC2N=[N+]=[N-])C[C@H]2[C@@H]3CCC4=CC(=O)C=C[C@]4(C)[C@H]3[C@@H](O)C[C@@]21C. The number of hydrogen-bond donors (Lipinski definition) is 2. The molecular weight excluding hydrogens is 638 g/mol. The molecule has 2 heterocycles. The molecule has 4 fully saturated rings. The molecule has 11 atom stereocenters. The van der Waals surface area contributed by atoms with Gasteiger partial charge in [-0.2, -0.15) is 0 Å². The Morgan fingerprint density at radius 1 is 1.22 bits per heavy atom.